The Kier molecular flexibility index (Phi) is 6.89. The lowest BCUT2D eigenvalue weighted by atomic mass is 9.74. The van der Waals surface area contributed by atoms with Crippen LogP contribution in [0.15, 0.2) is 30.3 Å². The van der Waals surface area contributed by atoms with Gasteiger partial charge < -0.3 is 4.74 Å². The second-order valence-electron chi connectivity index (χ2n) is 5.88. The van der Waals surface area contributed by atoms with Gasteiger partial charge in [0.05, 0.1) is 6.61 Å². The van der Waals surface area contributed by atoms with Crippen LogP contribution < -0.4 is 4.74 Å². The fourth-order valence-electron chi connectivity index (χ4n) is 3.26. The number of hydrogen-bond acceptors (Lipinski definition) is 1. The molecule has 1 nitrogen and oxygen atoms in total. The first-order chi connectivity index (χ1) is 9.80. The maximum atomic E-state index is 5.82. The van der Waals surface area contributed by atoms with Crippen LogP contribution in [0.5, 0.6) is 5.75 Å². The molecule has 1 aliphatic carbocycles. The number of para-hydroxylation sites is 1. The van der Waals surface area contributed by atoms with Crippen molar-refractivity contribution in [1.29, 1.82) is 0 Å². The van der Waals surface area contributed by atoms with E-state index in [1.165, 1.54) is 32.1 Å². The molecule has 0 unspecified atom stereocenters. The summed E-state index contributed by atoms with van der Waals surface area (Å²) in [6, 6.07) is 10.1. The van der Waals surface area contributed by atoms with Crippen LogP contribution in [-0.4, -0.2) is 17.3 Å². The minimum absolute atomic E-state index is 0.413. The van der Waals surface area contributed by atoms with Gasteiger partial charge in [0.2, 0.25) is 0 Å². The van der Waals surface area contributed by atoms with Gasteiger partial charge in [0.15, 0.2) is 0 Å². The third-order valence-corrected chi connectivity index (χ3v) is 6.82. The predicted octanol–water partition coefficient (Wildman–Crippen LogP) is 5.81. The highest BCUT2D eigenvalue weighted by Crippen LogP contribution is 2.45. The Morgan fingerprint density at radius 2 is 1.70 bits per heavy atom. The molecule has 1 aliphatic rings. The summed E-state index contributed by atoms with van der Waals surface area (Å²) < 4.78 is 5.82. The molecule has 0 radical (unpaired) electrons. The molecular weight excluding hydrogens is 380 g/mol. The number of ether oxygens (including phenoxy) is 1. The molecule has 1 fully saturated rings. The lowest BCUT2D eigenvalue weighted by Gasteiger charge is -2.36. The number of benzene rings is 1. The SMILES string of the molecule is BrCC(CBr)(CCCOc1ccccc1)C1CCCC1. The van der Waals surface area contributed by atoms with Crippen molar-refractivity contribution in [3.8, 4) is 5.75 Å². The van der Waals surface area contributed by atoms with E-state index >= 15 is 0 Å². The van der Waals surface area contributed by atoms with Gasteiger partial charge in [-0.15, -0.1) is 0 Å². The van der Waals surface area contributed by atoms with Gasteiger partial charge >= 0.3 is 0 Å². The minimum atomic E-state index is 0.413. The van der Waals surface area contributed by atoms with Gasteiger partial charge in [0.25, 0.3) is 0 Å². The Morgan fingerprint density at radius 3 is 2.30 bits per heavy atom. The van der Waals surface area contributed by atoms with Gasteiger partial charge in [0.1, 0.15) is 5.75 Å². The maximum absolute atomic E-state index is 5.82. The third kappa shape index (κ3) is 4.24. The molecule has 20 heavy (non-hydrogen) atoms. The minimum Gasteiger partial charge on any atom is -0.494 e. The fraction of sp³-hybridized carbons (Fsp3) is 0.647. The largest absolute Gasteiger partial charge is 0.494 e. The van der Waals surface area contributed by atoms with Gasteiger partial charge in [-0.2, -0.15) is 0 Å². The fourth-order valence-corrected chi connectivity index (χ4v) is 5.67. The zero-order valence-electron chi connectivity index (χ0n) is 12.0. The molecule has 0 amide bonds. The van der Waals surface area contributed by atoms with Gasteiger partial charge in [-0.3, -0.25) is 0 Å². The van der Waals surface area contributed by atoms with Crippen molar-refractivity contribution in [1.82, 2.24) is 0 Å². The topological polar surface area (TPSA) is 9.23 Å². The van der Waals surface area contributed by atoms with E-state index in [-0.39, 0.29) is 0 Å². The second-order valence-corrected chi connectivity index (χ2v) is 7.00. The van der Waals surface area contributed by atoms with Crippen LogP contribution in [0.3, 0.4) is 0 Å². The monoisotopic (exact) mass is 402 g/mol. The molecule has 0 spiro atoms. The molecule has 1 aromatic carbocycles. The molecule has 3 heteroatoms. The molecule has 1 saturated carbocycles. The van der Waals surface area contributed by atoms with E-state index in [1.54, 1.807) is 0 Å². The Morgan fingerprint density at radius 1 is 1.05 bits per heavy atom. The molecule has 0 aliphatic heterocycles. The van der Waals surface area contributed by atoms with Crippen LogP contribution in [0.2, 0.25) is 0 Å². The van der Waals surface area contributed by atoms with Crippen molar-refractivity contribution < 1.29 is 4.74 Å². The van der Waals surface area contributed by atoms with Crippen molar-refractivity contribution in [3.63, 3.8) is 0 Å². The molecule has 112 valence electrons. The summed E-state index contributed by atoms with van der Waals surface area (Å²) in [5, 5.41) is 2.20. The number of hydrogen-bond donors (Lipinski definition) is 0. The summed E-state index contributed by atoms with van der Waals surface area (Å²) in [5.74, 6) is 1.86. The van der Waals surface area contributed by atoms with E-state index in [4.69, 9.17) is 4.74 Å². The Balaban J connectivity index is 1.80. The molecule has 0 saturated heterocycles. The molecule has 0 N–H and O–H groups in total. The molecule has 0 heterocycles. The van der Waals surface area contributed by atoms with Crippen molar-refractivity contribution in [2.45, 2.75) is 38.5 Å². The average Bonchev–Trinajstić information content (AvgIpc) is 3.04. The van der Waals surface area contributed by atoms with E-state index in [2.05, 4.69) is 31.9 Å². The summed E-state index contributed by atoms with van der Waals surface area (Å²) in [6.45, 7) is 0.818. The number of rotatable bonds is 8. The van der Waals surface area contributed by atoms with E-state index in [9.17, 15) is 0 Å². The first kappa shape index (κ1) is 16.4. The zero-order chi connectivity index (χ0) is 14.3. The van der Waals surface area contributed by atoms with Crippen LogP contribution in [0.1, 0.15) is 38.5 Å². The summed E-state index contributed by atoms with van der Waals surface area (Å²) in [6.07, 6.45) is 7.98. The highest BCUT2D eigenvalue weighted by atomic mass is 79.9. The van der Waals surface area contributed by atoms with E-state index in [0.29, 0.717) is 5.41 Å². The highest BCUT2D eigenvalue weighted by molar-refractivity contribution is 9.09. The van der Waals surface area contributed by atoms with E-state index < -0.39 is 0 Å². The van der Waals surface area contributed by atoms with Gasteiger partial charge in [-0.1, -0.05) is 62.9 Å². The van der Waals surface area contributed by atoms with Crippen molar-refractivity contribution >= 4 is 31.9 Å². The van der Waals surface area contributed by atoms with Gasteiger partial charge in [0, 0.05) is 10.7 Å². The normalized spacial score (nSPS) is 16.5. The van der Waals surface area contributed by atoms with Crippen LogP contribution in [0.25, 0.3) is 0 Å². The standard InChI is InChI=1S/C17H24Br2O/c18-13-17(14-19,15-7-4-5-8-15)11-6-12-20-16-9-2-1-3-10-16/h1-3,9-10,15H,4-8,11-14H2. The average molecular weight is 404 g/mol. The maximum Gasteiger partial charge on any atom is 0.119 e. The Bertz CT molecular complexity index is 370. The Hall–Kier alpha value is -0.0200. The summed E-state index contributed by atoms with van der Waals surface area (Å²) in [7, 11) is 0. The van der Waals surface area contributed by atoms with E-state index in [0.717, 1.165) is 35.4 Å². The van der Waals surface area contributed by atoms with Crippen LogP contribution >= 0.6 is 31.9 Å². The second kappa shape index (κ2) is 8.43. The van der Waals surface area contributed by atoms with Gasteiger partial charge in [-0.25, -0.2) is 0 Å². The van der Waals surface area contributed by atoms with Crippen LogP contribution in [0.4, 0.5) is 0 Å². The summed E-state index contributed by atoms with van der Waals surface area (Å²) in [4.78, 5) is 0. The number of alkyl halides is 2. The lowest BCUT2D eigenvalue weighted by molar-refractivity contribution is 0.191. The smallest absolute Gasteiger partial charge is 0.119 e. The predicted molar refractivity (Wildman–Crippen MR) is 93.2 cm³/mol. The van der Waals surface area contributed by atoms with Crippen LogP contribution in [0, 0.1) is 11.3 Å². The molecule has 2 rings (SSSR count). The molecule has 0 aromatic heterocycles. The number of halogens is 2. The summed E-state index contributed by atoms with van der Waals surface area (Å²) >= 11 is 7.54. The van der Waals surface area contributed by atoms with E-state index in [1.807, 2.05) is 30.3 Å². The highest BCUT2D eigenvalue weighted by Gasteiger charge is 2.37. The lowest BCUT2D eigenvalue weighted by Crippen LogP contribution is -2.33. The third-order valence-electron chi connectivity index (χ3n) is 4.58. The summed E-state index contributed by atoms with van der Waals surface area (Å²) in [5.41, 5.74) is 0.413. The molecule has 0 bridgehead atoms. The van der Waals surface area contributed by atoms with Crippen molar-refractivity contribution in [2.75, 3.05) is 17.3 Å². The zero-order valence-corrected chi connectivity index (χ0v) is 15.2. The molecular formula is C17H24Br2O. The molecule has 0 atom stereocenters. The quantitative estimate of drug-likeness (QED) is 0.393. The van der Waals surface area contributed by atoms with Crippen molar-refractivity contribution in [2.24, 2.45) is 11.3 Å². The van der Waals surface area contributed by atoms with Crippen molar-refractivity contribution in [3.05, 3.63) is 30.3 Å². The van der Waals surface area contributed by atoms with Gasteiger partial charge in [-0.05, 0) is 49.1 Å². The first-order valence-electron chi connectivity index (χ1n) is 7.60. The first-order valence-corrected chi connectivity index (χ1v) is 9.85. The van der Waals surface area contributed by atoms with Crippen LogP contribution in [-0.2, 0) is 0 Å². The molecule has 1 aromatic rings. The Labute approximate surface area is 139 Å².